The largest absolute Gasteiger partial charge is 0.444 e. The van der Waals surface area contributed by atoms with Crippen molar-refractivity contribution in [1.82, 2.24) is 10.6 Å². The van der Waals surface area contributed by atoms with Crippen LogP contribution in [-0.2, 0) is 9.47 Å². The van der Waals surface area contributed by atoms with Crippen LogP contribution in [0.4, 0.5) is 4.79 Å². The first-order chi connectivity index (χ1) is 8.74. The summed E-state index contributed by atoms with van der Waals surface area (Å²) in [7, 11) is 1.62. The highest BCUT2D eigenvalue weighted by Crippen LogP contribution is 2.05. The first-order valence-corrected chi connectivity index (χ1v) is 6.27. The van der Waals surface area contributed by atoms with Gasteiger partial charge in [-0.1, -0.05) is 0 Å². The zero-order valence-electron chi connectivity index (χ0n) is 12.9. The molecular weight excluding hydrogens is 375 g/mol. The Bertz CT molecular complexity index is 306. The first kappa shape index (κ1) is 21.5. The second-order valence-electron chi connectivity index (χ2n) is 5.20. The van der Waals surface area contributed by atoms with E-state index in [0.717, 1.165) is 0 Å². The fourth-order valence-electron chi connectivity index (χ4n) is 1.24. The van der Waals surface area contributed by atoms with E-state index in [9.17, 15) is 4.79 Å². The number of guanidine groups is 1. The van der Waals surface area contributed by atoms with Gasteiger partial charge in [0.25, 0.3) is 0 Å². The molecule has 0 aromatic rings. The average molecular weight is 402 g/mol. The normalized spacial score (nSPS) is 13.2. The topological polar surface area (TPSA) is 98.0 Å². The van der Waals surface area contributed by atoms with Crippen LogP contribution in [0.1, 0.15) is 27.7 Å². The van der Waals surface area contributed by atoms with E-state index in [1.807, 2.05) is 27.7 Å². The summed E-state index contributed by atoms with van der Waals surface area (Å²) in [6.07, 6.45) is -0.456. The van der Waals surface area contributed by atoms with Crippen molar-refractivity contribution in [3.63, 3.8) is 0 Å². The lowest BCUT2D eigenvalue weighted by Crippen LogP contribution is -2.41. The van der Waals surface area contributed by atoms with Crippen molar-refractivity contribution in [3.05, 3.63) is 0 Å². The maximum absolute atomic E-state index is 11.3. The third-order valence-electron chi connectivity index (χ3n) is 1.87. The second kappa shape index (κ2) is 11.0. The number of halogens is 1. The quantitative estimate of drug-likeness (QED) is 0.267. The third kappa shape index (κ3) is 13.7. The van der Waals surface area contributed by atoms with Crippen molar-refractivity contribution in [2.24, 2.45) is 10.7 Å². The van der Waals surface area contributed by atoms with E-state index in [2.05, 4.69) is 15.6 Å². The maximum Gasteiger partial charge on any atom is 0.407 e. The lowest BCUT2D eigenvalue weighted by molar-refractivity contribution is 0.0529. The molecule has 20 heavy (non-hydrogen) atoms. The van der Waals surface area contributed by atoms with Crippen molar-refractivity contribution >= 4 is 36.0 Å². The summed E-state index contributed by atoms with van der Waals surface area (Å²) in [5.41, 5.74) is 5.17. The van der Waals surface area contributed by atoms with E-state index < -0.39 is 11.7 Å². The molecule has 0 saturated carbocycles. The lowest BCUT2D eigenvalue weighted by Gasteiger charge is -2.19. The molecule has 8 heteroatoms. The number of amides is 1. The Hall–Kier alpha value is -0.770. The number of ether oxygens (including phenoxy) is 2. The van der Waals surface area contributed by atoms with Crippen molar-refractivity contribution < 1.29 is 14.3 Å². The number of alkyl carbamates (subject to hydrolysis) is 1. The van der Waals surface area contributed by atoms with Gasteiger partial charge in [0.2, 0.25) is 0 Å². The van der Waals surface area contributed by atoms with Crippen LogP contribution in [0, 0.1) is 0 Å². The van der Waals surface area contributed by atoms with Crippen LogP contribution < -0.4 is 16.4 Å². The summed E-state index contributed by atoms with van der Waals surface area (Å²) in [5.74, 6) is 0.329. The van der Waals surface area contributed by atoms with Gasteiger partial charge in [0.05, 0.1) is 13.2 Å². The number of nitrogens with two attached hydrogens (primary N) is 1. The molecule has 7 nitrogen and oxygen atoms in total. The van der Waals surface area contributed by atoms with Crippen LogP contribution in [0.5, 0.6) is 0 Å². The Morgan fingerprint density at radius 2 is 2.00 bits per heavy atom. The summed E-state index contributed by atoms with van der Waals surface area (Å²) in [6, 6.07) is 0.0903. The fourth-order valence-corrected chi connectivity index (χ4v) is 1.24. The van der Waals surface area contributed by atoms with Crippen LogP contribution in [0.25, 0.3) is 0 Å². The summed E-state index contributed by atoms with van der Waals surface area (Å²) in [5, 5.41) is 5.56. The van der Waals surface area contributed by atoms with E-state index in [4.69, 9.17) is 15.2 Å². The van der Waals surface area contributed by atoms with Gasteiger partial charge in [-0.05, 0) is 27.7 Å². The molecule has 0 rings (SSSR count). The minimum Gasteiger partial charge on any atom is -0.444 e. The molecule has 1 amide bonds. The molecule has 0 aromatic carbocycles. The van der Waals surface area contributed by atoms with E-state index in [1.165, 1.54) is 0 Å². The Labute approximate surface area is 138 Å². The van der Waals surface area contributed by atoms with Gasteiger partial charge in [-0.15, -0.1) is 24.0 Å². The molecule has 0 aliphatic carbocycles. The second-order valence-corrected chi connectivity index (χ2v) is 5.20. The molecule has 0 aliphatic rings. The first-order valence-electron chi connectivity index (χ1n) is 6.27. The highest BCUT2D eigenvalue weighted by molar-refractivity contribution is 14.0. The molecule has 4 N–H and O–H groups in total. The van der Waals surface area contributed by atoms with Gasteiger partial charge in [-0.3, -0.25) is 4.99 Å². The van der Waals surface area contributed by atoms with E-state index in [1.54, 1.807) is 7.11 Å². The third-order valence-corrected chi connectivity index (χ3v) is 1.87. The molecule has 0 heterocycles. The zero-order valence-corrected chi connectivity index (χ0v) is 15.2. The van der Waals surface area contributed by atoms with Crippen molar-refractivity contribution in [2.75, 3.05) is 26.8 Å². The van der Waals surface area contributed by atoms with Gasteiger partial charge in [0, 0.05) is 19.7 Å². The van der Waals surface area contributed by atoms with Crippen LogP contribution in [-0.4, -0.2) is 50.5 Å². The number of rotatable bonds is 6. The number of hydrogen-bond donors (Lipinski definition) is 3. The minimum absolute atomic E-state index is 0. The van der Waals surface area contributed by atoms with E-state index >= 15 is 0 Å². The predicted molar refractivity (Wildman–Crippen MR) is 90.6 cm³/mol. The minimum atomic E-state index is -0.497. The number of aliphatic imine (C=N–C) groups is 1. The summed E-state index contributed by atoms with van der Waals surface area (Å²) >= 11 is 0. The van der Waals surface area contributed by atoms with Crippen molar-refractivity contribution in [3.8, 4) is 0 Å². The predicted octanol–water partition coefficient (Wildman–Crippen LogP) is 1.07. The van der Waals surface area contributed by atoms with Crippen LogP contribution in [0.15, 0.2) is 4.99 Å². The maximum atomic E-state index is 11.3. The van der Waals surface area contributed by atoms with Gasteiger partial charge in [0.1, 0.15) is 5.60 Å². The molecule has 0 aromatic heterocycles. The molecule has 0 aliphatic heterocycles. The number of carbonyl (C=O) groups excluding carboxylic acids is 1. The Kier molecular flexibility index (Phi) is 11.8. The van der Waals surface area contributed by atoms with Crippen molar-refractivity contribution in [1.29, 1.82) is 0 Å². The van der Waals surface area contributed by atoms with Crippen LogP contribution in [0.2, 0.25) is 0 Å². The smallest absolute Gasteiger partial charge is 0.407 e. The number of hydrogen-bond acceptors (Lipinski definition) is 4. The Balaban J connectivity index is 0. The van der Waals surface area contributed by atoms with E-state index in [-0.39, 0.29) is 30.0 Å². The van der Waals surface area contributed by atoms with Gasteiger partial charge in [-0.2, -0.15) is 0 Å². The lowest BCUT2D eigenvalue weighted by atomic mass is 10.2. The van der Waals surface area contributed by atoms with Gasteiger partial charge in [0.15, 0.2) is 5.96 Å². The van der Waals surface area contributed by atoms with Crippen LogP contribution in [0.3, 0.4) is 0 Å². The SMILES string of the molecule is COCC(C)NC(N)=NCCNC(=O)OC(C)(C)C.I. The average Bonchev–Trinajstić information content (AvgIpc) is 2.22. The highest BCUT2D eigenvalue weighted by atomic mass is 127. The number of carbonyl (C=O) groups is 1. The van der Waals surface area contributed by atoms with Crippen molar-refractivity contribution in [2.45, 2.75) is 39.3 Å². The molecular formula is C12H27IN4O3. The van der Waals surface area contributed by atoms with Crippen LogP contribution >= 0.6 is 24.0 Å². The molecule has 0 radical (unpaired) electrons. The Morgan fingerprint density at radius 1 is 1.40 bits per heavy atom. The summed E-state index contributed by atoms with van der Waals surface area (Å²) in [4.78, 5) is 15.4. The molecule has 0 spiro atoms. The number of nitrogens with zero attached hydrogens (tertiary/aromatic N) is 1. The standard InChI is InChI=1S/C12H26N4O3.HI/c1-9(8-18-5)16-10(13)14-6-7-15-11(17)19-12(2,3)4;/h9H,6-8H2,1-5H3,(H,15,17)(H3,13,14,16);1H. The molecule has 1 unspecified atom stereocenters. The molecule has 120 valence electrons. The Morgan fingerprint density at radius 3 is 2.50 bits per heavy atom. The molecule has 1 atom stereocenters. The molecule has 0 saturated heterocycles. The zero-order chi connectivity index (χ0) is 14.9. The summed E-state index contributed by atoms with van der Waals surface area (Å²) < 4.78 is 10.0. The molecule has 0 bridgehead atoms. The number of nitrogens with one attached hydrogen (secondary N) is 2. The van der Waals surface area contributed by atoms with E-state index in [0.29, 0.717) is 25.7 Å². The molecule has 0 fully saturated rings. The highest BCUT2D eigenvalue weighted by Gasteiger charge is 2.15. The van der Waals surface area contributed by atoms with Gasteiger partial charge >= 0.3 is 6.09 Å². The van der Waals surface area contributed by atoms with Gasteiger partial charge in [-0.25, -0.2) is 4.79 Å². The monoisotopic (exact) mass is 402 g/mol. The fraction of sp³-hybridized carbons (Fsp3) is 0.833. The van der Waals surface area contributed by atoms with Gasteiger partial charge < -0.3 is 25.8 Å². The summed E-state index contributed by atoms with van der Waals surface area (Å²) in [6.45, 7) is 8.67. The number of methoxy groups -OCH3 is 1.